The molecule has 156 valence electrons. The zero-order chi connectivity index (χ0) is 20.9. The monoisotopic (exact) mass is 418 g/mol. The molecule has 2 aromatic carbocycles. The third-order valence-corrected chi connectivity index (χ3v) is 6.93. The van der Waals surface area contributed by atoms with Crippen molar-refractivity contribution in [3.63, 3.8) is 0 Å². The van der Waals surface area contributed by atoms with E-state index in [4.69, 9.17) is 9.47 Å². The summed E-state index contributed by atoms with van der Waals surface area (Å²) in [6.45, 7) is 0.951. The predicted molar refractivity (Wildman–Crippen MR) is 109 cm³/mol. The van der Waals surface area contributed by atoms with E-state index in [0.29, 0.717) is 37.4 Å². The summed E-state index contributed by atoms with van der Waals surface area (Å²) in [6.07, 6.45) is 1.32. The number of nitrogens with zero attached hydrogens (tertiary/aromatic N) is 1. The highest BCUT2D eigenvalue weighted by atomic mass is 32.2. The summed E-state index contributed by atoms with van der Waals surface area (Å²) in [7, 11) is -0.463. The summed E-state index contributed by atoms with van der Waals surface area (Å²) in [5, 5.41) is 2.91. The van der Waals surface area contributed by atoms with Crippen LogP contribution in [0.4, 0.5) is 0 Å². The number of sulfonamides is 1. The molecule has 7 nitrogen and oxygen atoms in total. The maximum absolute atomic E-state index is 12.8. The minimum atomic E-state index is -3.59. The van der Waals surface area contributed by atoms with Gasteiger partial charge in [0.05, 0.1) is 25.0 Å². The van der Waals surface area contributed by atoms with Crippen LogP contribution in [0.3, 0.4) is 0 Å². The van der Waals surface area contributed by atoms with E-state index in [9.17, 15) is 13.2 Å². The van der Waals surface area contributed by atoms with Gasteiger partial charge >= 0.3 is 0 Å². The first kappa shape index (κ1) is 21.1. The molecule has 1 aliphatic heterocycles. The Hall–Kier alpha value is -2.58. The average Bonchev–Trinajstić information content (AvgIpc) is 2.77. The number of carbonyl (C=O) groups excluding carboxylic acids is 1. The number of piperidine rings is 1. The van der Waals surface area contributed by atoms with Crippen molar-refractivity contribution < 1.29 is 22.7 Å². The molecule has 1 atom stereocenters. The molecular weight excluding hydrogens is 392 g/mol. The van der Waals surface area contributed by atoms with Crippen molar-refractivity contribution in [3.8, 4) is 11.5 Å². The summed E-state index contributed by atoms with van der Waals surface area (Å²) in [6, 6.07) is 13.8. The van der Waals surface area contributed by atoms with Crippen molar-refractivity contribution in [2.24, 2.45) is 5.92 Å². The summed E-state index contributed by atoms with van der Waals surface area (Å²) in [5.74, 6) is 0.698. The lowest BCUT2D eigenvalue weighted by atomic mass is 9.98. The highest BCUT2D eigenvalue weighted by Gasteiger charge is 2.33. The molecule has 0 aliphatic carbocycles. The van der Waals surface area contributed by atoms with Crippen LogP contribution in [0.15, 0.2) is 53.4 Å². The maximum Gasteiger partial charge on any atom is 0.243 e. The summed E-state index contributed by atoms with van der Waals surface area (Å²) in [4.78, 5) is 12.9. The van der Waals surface area contributed by atoms with Crippen LogP contribution in [-0.4, -0.2) is 45.9 Å². The molecule has 0 bridgehead atoms. The van der Waals surface area contributed by atoms with E-state index < -0.39 is 10.0 Å². The first-order valence-electron chi connectivity index (χ1n) is 9.49. The van der Waals surface area contributed by atoms with Gasteiger partial charge in [0.1, 0.15) is 0 Å². The highest BCUT2D eigenvalue weighted by Crippen LogP contribution is 2.28. The normalized spacial score (nSPS) is 17.5. The van der Waals surface area contributed by atoms with Gasteiger partial charge in [0.15, 0.2) is 11.5 Å². The number of amides is 1. The lowest BCUT2D eigenvalue weighted by Crippen LogP contribution is -2.45. The molecule has 0 radical (unpaired) electrons. The number of benzene rings is 2. The third-order valence-electron chi connectivity index (χ3n) is 5.05. The molecule has 0 unspecified atom stereocenters. The van der Waals surface area contributed by atoms with Gasteiger partial charge in [-0.05, 0) is 42.7 Å². The average molecular weight is 419 g/mol. The second-order valence-corrected chi connectivity index (χ2v) is 8.86. The van der Waals surface area contributed by atoms with E-state index >= 15 is 0 Å². The molecule has 1 amide bonds. The number of hydrogen-bond donors (Lipinski definition) is 1. The molecule has 0 spiro atoms. The van der Waals surface area contributed by atoms with E-state index in [1.54, 1.807) is 50.6 Å². The fraction of sp³-hybridized carbons (Fsp3) is 0.381. The van der Waals surface area contributed by atoms with Gasteiger partial charge in [-0.15, -0.1) is 0 Å². The Balaban J connectivity index is 1.63. The van der Waals surface area contributed by atoms with E-state index in [-0.39, 0.29) is 23.3 Å². The molecule has 0 aromatic heterocycles. The molecule has 1 heterocycles. The fourth-order valence-corrected chi connectivity index (χ4v) is 4.99. The van der Waals surface area contributed by atoms with Crippen LogP contribution < -0.4 is 14.8 Å². The molecular formula is C21H26N2O5S. The second-order valence-electron chi connectivity index (χ2n) is 6.92. The van der Waals surface area contributed by atoms with Crippen molar-refractivity contribution in [3.05, 3.63) is 54.1 Å². The number of carbonyl (C=O) groups is 1. The Labute approximate surface area is 171 Å². The Morgan fingerprint density at radius 3 is 2.52 bits per heavy atom. The second kappa shape index (κ2) is 9.28. The van der Waals surface area contributed by atoms with Crippen molar-refractivity contribution in [2.75, 3.05) is 27.3 Å². The number of rotatable bonds is 7. The maximum atomic E-state index is 12.8. The van der Waals surface area contributed by atoms with Crippen molar-refractivity contribution >= 4 is 15.9 Å². The van der Waals surface area contributed by atoms with Gasteiger partial charge in [-0.2, -0.15) is 4.31 Å². The Kier molecular flexibility index (Phi) is 6.76. The fourth-order valence-electron chi connectivity index (χ4n) is 3.44. The number of nitrogens with one attached hydrogen (secondary N) is 1. The quantitative estimate of drug-likeness (QED) is 0.747. The molecule has 1 fully saturated rings. The number of ether oxygens (including phenoxy) is 2. The van der Waals surface area contributed by atoms with Crippen LogP contribution >= 0.6 is 0 Å². The van der Waals surface area contributed by atoms with Crippen molar-refractivity contribution in [1.29, 1.82) is 0 Å². The summed E-state index contributed by atoms with van der Waals surface area (Å²) in [5.41, 5.74) is 0.876. The molecule has 29 heavy (non-hydrogen) atoms. The van der Waals surface area contributed by atoms with Crippen LogP contribution in [0.2, 0.25) is 0 Å². The van der Waals surface area contributed by atoms with Crippen LogP contribution in [0.25, 0.3) is 0 Å². The number of hydrogen-bond acceptors (Lipinski definition) is 5. The predicted octanol–water partition coefficient (Wildman–Crippen LogP) is 2.42. The van der Waals surface area contributed by atoms with E-state index in [2.05, 4.69) is 5.32 Å². The van der Waals surface area contributed by atoms with Gasteiger partial charge in [0.2, 0.25) is 15.9 Å². The molecule has 2 aromatic rings. The lowest BCUT2D eigenvalue weighted by Gasteiger charge is -2.31. The number of methoxy groups -OCH3 is 2. The van der Waals surface area contributed by atoms with Gasteiger partial charge < -0.3 is 14.8 Å². The van der Waals surface area contributed by atoms with Gasteiger partial charge in [0, 0.05) is 19.6 Å². The minimum absolute atomic E-state index is 0.146. The summed E-state index contributed by atoms with van der Waals surface area (Å²) < 4.78 is 37.6. The first-order valence-corrected chi connectivity index (χ1v) is 10.9. The van der Waals surface area contributed by atoms with E-state index in [0.717, 1.165) is 5.56 Å². The molecule has 0 saturated carbocycles. The Bertz CT molecular complexity index is 947. The van der Waals surface area contributed by atoms with E-state index in [1.165, 1.54) is 4.31 Å². The molecule has 3 rings (SSSR count). The van der Waals surface area contributed by atoms with Crippen LogP contribution in [0.5, 0.6) is 11.5 Å². The topological polar surface area (TPSA) is 84.9 Å². The van der Waals surface area contributed by atoms with Crippen molar-refractivity contribution in [2.45, 2.75) is 24.3 Å². The lowest BCUT2D eigenvalue weighted by molar-refractivity contribution is -0.126. The Morgan fingerprint density at radius 2 is 1.83 bits per heavy atom. The Morgan fingerprint density at radius 1 is 1.10 bits per heavy atom. The molecule has 1 aliphatic rings. The molecule has 1 N–H and O–H groups in total. The zero-order valence-corrected chi connectivity index (χ0v) is 17.4. The third kappa shape index (κ3) is 4.89. The van der Waals surface area contributed by atoms with Gasteiger partial charge in [0.25, 0.3) is 0 Å². The van der Waals surface area contributed by atoms with Gasteiger partial charge in [-0.25, -0.2) is 8.42 Å². The van der Waals surface area contributed by atoms with Crippen LogP contribution in [-0.2, 0) is 21.4 Å². The largest absolute Gasteiger partial charge is 0.493 e. The van der Waals surface area contributed by atoms with Gasteiger partial charge in [-0.1, -0.05) is 24.3 Å². The SMILES string of the molecule is COc1ccc(CNC(=O)[C@@H]2CCCN(S(=O)(=O)c3ccccc3)C2)cc1OC. The standard InChI is InChI=1S/C21H26N2O5S/c1-27-19-11-10-16(13-20(19)28-2)14-22-21(24)17-7-6-12-23(15-17)29(25,26)18-8-4-3-5-9-18/h3-5,8-11,13,17H,6-7,12,14-15H2,1-2H3,(H,22,24)/t17-/m1/s1. The smallest absolute Gasteiger partial charge is 0.243 e. The van der Waals surface area contributed by atoms with Gasteiger partial charge in [-0.3, -0.25) is 4.79 Å². The minimum Gasteiger partial charge on any atom is -0.493 e. The molecule has 8 heteroatoms. The highest BCUT2D eigenvalue weighted by molar-refractivity contribution is 7.89. The van der Waals surface area contributed by atoms with Crippen molar-refractivity contribution in [1.82, 2.24) is 9.62 Å². The zero-order valence-electron chi connectivity index (χ0n) is 16.6. The van der Waals surface area contributed by atoms with E-state index in [1.807, 2.05) is 12.1 Å². The van der Waals surface area contributed by atoms with Crippen LogP contribution in [0, 0.1) is 5.92 Å². The summed E-state index contributed by atoms with van der Waals surface area (Å²) >= 11 is 0. The van der Waals surface area contributed by atoms with Crippen LogP contribution in [0.1, 0.15) is 18.4 Å². The molecule has 1 saturated heterocycles. The first-order chi connectivity index (χ1) is 14.0.